The van der Waals surface area contributed by atoms with Crippen LogP contribution in [0.25, 0.3) is 10.6 Å². The van der Waals surface area contributed by atoms with Crippen molar-refractivity contribution in [1.82, 2.24) is 30.5 Å². The lowest BCUT2D eigenvalue weighted by Crippen LogP contribution is -2.48. The third-order valence-corrected chi connectivity index (χ3v) is 8.09. The zero-order chi connectivity index (χ0) is 29.5. The first-order chi connectivity index (χ1) is 19.7. The lowest BCUT2D eigenvalue weighted by atomic mass is 10.1. The molecule has 10 nitrogen and oxygen atoms in total. The molecule has 2 N–H and O–H groups in total. The van der Waals surface area contributed by atoms with Crippen LogP contribution in [-0.4, -0.2) is 91.5 Å². The molecule has 218 valence electrons. The number of thiazole rings is 1. The SMILES string of the molecule is CCNCCNC(=O)CN(CC(=O)N(C)N1Cc2ccccc2C1)c1ccc(-c2ncc(C(=O)N(C)C)s2)cc1C. The minimum atomic E-state index is -0.151. The molecule has 1 aromatic heterocycles. The predicted molar refractivity (Wildman–Crippen MR) is 163 cm³/mol. The van der Waals surface area contributed by atoms with E-state index < -0.39 is 0 Å². The van der Waals surface area contributed by atoms with Gasteiger partial charge in [0.2, 0.25) is 5.91 Å². The Morgan fingerprint density at radius 2 is 1.71 bits per heavy atom. The van der Waals surface area contributed by atoms with Gasteiger partial charge >= 0.3 is 0 Å². The Bertz CT molecular complexity index is 1360. The minimum Gasteiger partial charge on any atom is -0.353 e. The van der Waals surface area contributed by atoms with Crippen molar-refractivity contribution in [3.8, 4) is 10.6 Å². The van der Waals surface area contributed by atoms with Gasteiger partial charge in [0.05, 0.1) is 19.3 Å². The first kappa shape index (κ1) is 30.2. The summed E-state index contributed by atoms with van der Waals surface area (Å²) >= 11 is 1.34. The Hall–Kier alpha value is -3.80. The quantitative estimate of drug-likeness (QED) is 0.319. The van der Waals surface area contributed by atoms with Crippen molar-refractivity contribution in [2.24, 2.45) is 0 Å². The number of hydrazine groups is 1. The lowest BCUT2D eigenvalue weighted by Gasteiger charge is -2.32. The third-order valence-electron chi connectivity index (χ3n) is 7.05. The Morgan fingerprint density at radius 3 is 2.34 bits per heavy atom. The molecule has 11 heteroatoms. The van der Waals surface area contributed by atoms with Crippen LogP contribution in [0.15, 0.2) is 48.7 Å². The van der Waals surface area contributed by atoms with Gasteiger partial charge in [-0.3, -0.25) is 19.4 Å². The number of fused-ring (bicyclic) bond motifs is 1. The molecular formula is C30H39N7O3S. The maximum atomic E-state index is 13.5. The maximum absolute atomic E-state index is 13.5. The summed E-state index contributed by atoms with van der Waals surface area (Å²) in [4.78, 5) is 47.2. The third kappa shape index (κ3) is 7.49. The van der Waals surface area contributed by atoms with Gasteiger partial charge < -0.3 is 20.4 Å². The Labute approximate surface area is 245 Å². The molecule has 0 radical (unpaired) electrons. The summed E-state index contributed by atoms with van der Waals surface area (Å²) in [7, 11) is 5.22. The number of amides is 3. The standard InChI is InChI=1S/C30H39N7O3S/c1-6-31-13-14-32-27(38)19-36(20-28(39)35(5)37-17-23-9-7-8-10-24(23)18-37)25-12-11-22(15-21(25)2)29-33-16-26(41-29)30(40)34(3)4/h7-12,15-16,31H,6,13-14,17-20H2,1-5H3,(H,32,38). The van der Waals surface area contributed by atoms with Crippen LogP contribution in [0.3, 0.4) is 0 Å². The van der Waals surface area contributed by atoms with Gasteiger partial charge in [-0.2, -0.15) is 0 Å². The molecule has 0 atom stereocenters. The van der Waals surface area contributed by atoms with Crippen molar-refractivity contribution in [3.05, 3.63) is 70.2 Å². The van der Waals surface area contributed by atoms with Gasteiger partial charge in [-0.15, -0.1) is 11.3 Å². The second kappa shape index (κ2) is 13.7. The largest absolute Gasteiger partial charge is 0.353 e. The van der Waals surface area contributed by atoms with Gasteiger partial charge in [0.25, 0.3) is 11.8 Å². The Balaban J connectivity index is 1.52. The highest BCUT2D eigenvalue weighted by Crippen LogP contribution is 2.31. The van der Waals surface area contributed by atoms with Crippen molar-refractivity contribution in [3.63, 3.8) is 0 Å². The van der Waals surface area contributed by atoms with E-state index in [1.807, 2.05) is 54.1 Å². The second-order valence-corrected chi connectivity index (χ2v) is 11.3. The monoisotopic (exact) mass is 577 g/mol. The molecular weight excluding hydrogens is 538 g/mol. The summed E-state index contributed by atoms with van der Waals surface area (Å²) in [6.07, 6.45) is 1.60. The van der Waals surface area contributed by atoms with E-state index in [9.17, 15) is 14.4 Å². The molecule has 41 heavy (non-hydrogen) atoms. The maximum Gasteiger partial charge on any atom is 0.265 e. The molecule has 0 saturated carbocycles. The normalized spacial score (nSPS) is 12.6. The van der Waals surface area contributed by atoms with Crippen molar-refractivity contribution in [2.75, 3.05) is 58.8 Å². The van der Waals surface area contributed by atoms with E-state index in [-0.39, 0.29) is 30.8 Å². The summed E-state index contributed by atoms with van der Waals surface area (Å²) in [5.74, 6) is -0.340. The number of likely N-dealkylation sites (N-methyl/N-ethyl adjacent to an activating group) is 2. The predicted octanol–water partition coefficient (Wildman–Crippen LogP) is 2.74. The van der Waals surface area contributed by atoms with Crippen LogP contribution >= 0.6 is 11.3 Å². The van der Waals surface area contributed by atoms with Crippen LogP contribution in [0.2, 0.25) is 0 Å². The molecule has 2 heterocycles. The molecule has 0 spiro atoms. The molecule has 3 aromatic rings. The number of aryl methyl sites for hydroxylation is 1. The minimum absolute atomic E-state index is 0.0445. The van der Waals surface area contributed by atoms with Gasteiger partial charge in [-0.25, -0.2) is 9.99 Å². The molecule has 1 aliphatic heterocycles. The fraction of sp³-hybridized carbons (Fsp3) is 0.400. The van der Waals surface area contributed by atoms with E-state index in [0.29, 0.717) is 31.1 Å². The summed E-state index contributed by atoms with van der Waals surface area (Å²) in [6, 6.07) is 14.0. The zero-order valence-electron chi connectivity index (χ0n) is 24.4. The fourth-order valence-corrected chi connectivity index (χ4v) is 5.68. The summed E-state index contributed by atoms with van der Waals surface area (Å²) < 4.78 is 0. The number of nitrogens with one attached hydrogen (secondary N) is 2. The van der Waals surface area contributed by atoms with E-state index in [1.165, 1.54) is 27.4 Å². The van der Waals surface area contributed by atoms with Gasteiger partial charge in [0.15, 0.2) is 0 Å². The van der Waals surface area contributed by atoms with Gasteiger partial charge in [0.1, 0.15) is 9.88 Å². The molecule has 0 unspecified atom stereocenters. The highest BCUT2D eigenvalue weighted by Gasteiger charge is 2.27. The molecule has 0 saturated heterocycles. The van der Waals surface area contributed by atoms with Crippen molar-refractivity contribution in [2.45, 2.75) is 26.9 Å². The van der Waals surface area contributed by atoms with Gasteiger partial charge in [0, 0.05) is 58.6 Å². The van der Waals surface area contributed by atoms with E-state index in [2.05, 4.69) is 27.8 Å². The number of hydrogen-bond acceptors (Lipinski definition) is 8. The number of anilines is 1. The Morgan fingerprint density at radius 1 is 1.00 bits per heavy atom. The number of carbonyl (C=O) groups is 3. The first-order valence-electron chi connectivity index (χ1n) is 13.8. The first-order valence-corrected chi connectivity index (χ1v) is 14.6. The highest BCUT2D eigenvalue weighted by atomic mass is 32.1. The van der Waals surface area contributed by atoms with Crippen LogP contribution in [0.4, 0.5) is 5.69 Å². The summed E-state index contributed by atoms with van der Waals surface area (Å²) in [6.45, 7) is 7.43. The van der Waals surface area contributed by atoms with Crippen LogP contribution in [0.5, 0.6) is 0 Å². The number of benzene rings is 2. The van der Waals surface area contributed by atoms with E-state index in [1.54, 1.807) is 32.3 Å². The van der Waals surface area contributed by atoms with Gasteiger partial charge in [-0.1, -0.05) is 31.2 Å². The number of carbonyl (C=O) groups excluding carboxylic acids is 3. The molecule has 0 fully saturated rings. The van der Waals surface area contributed by atoms with E-state index in [0.717, 1.165) is 28.4 Å². The van der Waals surface area contributed by atoms with Crippen molar-refractivity contribution < 1.29 is 14.4 Å². The fourth-order valence-electron chi connectivity index (χ4n) is 4.74. The average Bonchev–Trinajstić information content (AvgIpc) is 3.62. The van der Waals surface area contributed by atoms with Crippen molar-refractivity contribution >= 4 is 34.7 Å². The molecule has 4 rings (SSSR count). The summed E-state index contributed by atoms with van der Waals surface area (Å²) in [5.41, 5.74) is 5.01. The second-order valence-electron chi connectivity index (χ2n) is 10.3. The van der Waals surface area contributed by atoms with Crippen LogP contribution < -0.4 is 15.5 Å². The average molecular weight is 578 g/mol. The van der Waals surface area contributed by atoms with Gasteiger partial charge in [-0.05, 0) is 48.4 Å². The number of nitrogens with zero attached hydrogens (tertiary/aromatic N) is 5. The zero-order valence-corrected chi connectivity index (χ0v) is 25.3. The van der Waals surface area contributed by atoms with Crippen LogP contribution in [0.1, 0.15) is 33.3 Å². The topological polar surface area (TPSA) is 101 Å². The molecule has 0 aliphatic carbocycles. The van der Waals surface area contributed by atoms with E-state index in [4.69, 9.17) is 0 Å². The Kier molecular flexibility index (Phi) is 10.1. The number of rotatable bonds is 12. The summed E-state index contributed by atoms with van der Waals surface area (Å²) in [5, 5.41) is 10.6. The number of aromatic nitrogens is 1. The smallest absolute Gasteiger partial charge is 0.265 e. The molecule has 2 aromatic carbocycles. The van der Waals surface area contributed by atoms with Crippen LogP contribution in [0, 0.1) is 6.92 Å². The van der Waals surface area contributed by atoms with E-state index >= 15 is 0 Å². The molecule has 1 aliphatic rings. The van der Waals surface area contributed by atoms with Crippen LogP contribution in [-0.2, 0) is 22.7 Å². The molecule has 0 bridgehead atoms. The van der Waals surface area contributed by atoms with Crippen molar-refractivity contribution in [1.29, 1.82) is 0 Å². The lowest BCUT2D eigenvalue weighted by molar-refractivity contribution is -0.145. The highest BCUT2D eigenvalue weighted by molar-refractivity contribution is 7.16. The number of hydrogen-bond donors (Lipinski definition) is 2. The molecule has 3 amide bonds.